The molecule has 0 aliphatic heterocycles. The molecule has 0 radical (unpaired) electrons. The van der Waals surface area contributed by atoms with E-state index in [4.69, 9.17) is 0 Å². The standard InChI is InChI=1S/C10H9BrO/c11-8-4-7-5-1-2-6(3-5)9(7)10(8)12/h1-2,4-7,9H,3H2/t5-,6+,7-,9+/m0/s1. The monoisotopic (exact) mass is 224 g/mol. The molecule has 3 aliphatic rings. The van der Waals surface area contributed by atoms with E-state index in [2.05, 4.69) is 34.2 Å². The summed E-state index contributed by atoms with van der Waals surface area (Å²) in [6, 6.07) is 0. The third-order valence-electron chi connectivity index (χ3n) is 3.40. The van der Waals surface area contributed by atoms with Crippen LogP contribution >= 0.6 is 15.9 Å². The third kappa shape index (κ3) is 0.674. The van der Waals surface area contributed by atoms with E-state index in [1.165, 1.54) is 6.42 Å². The molecule has 0 aromatic heterocycles. The molecule has 2 bridgehead atoms. The van der Waals surface area contributed by atoms with E-state index in [0.717, 1.165) is 4.48 Å². The Morgan fingerprint density at radius 2 is 2.08 bits per heavy atom. The van der Waals surface area contributed by atoms with E-state index in [1.54, 1.807) is 0 Å². The Bertz CT molecular complexity index is 316. The second-order valence-electron chi connectivity index (χ2n) is 3.93. The number of Topliss-reactive ketones (excluding diaryl/α,β-unsaturated/α-hetero) is 1. The van der Waals surface area contributed by atoms with Gasteiger partial charge in [-0.15, -0.1) is 0 Å². The van der Waals surface area contributed by atoms with Crippen LogP contribution in [-0.4, -0.2) is 5.78 Å². The lowest BCUT2D eigenvalue weighted by Crippen LogP contribution is -2.20. The molecule has 0 spiro atoms. The Morgan fingerprint density at radius 3 is 2.83 bits per heavy atom. The van der Waals surface area contributed by atoms with Gasteiger partial charge in [-0.1, -0.05) is 18.2 Å². The van der Waals surface area contributed by atoms with Crippen LogP contribution in [0.4, 0.5) is 0 Å². The van der Waals surface area contributed by atoms with Gasteiger partial charge in [0.2, 0.25) is 0 Å². The third-order valence-corrected chi connectivity index (χ3v) is 4.05. The first-order valence-corrected chi connectivity index (χ1v) is 5.16. The van der Waals surface area contributed by atoms with Crippen LogP contribution in [0.3, 0.4) is 0 Å². The average molecular weight is 225 g/mol. The molecule has 0 aromatic carbocycles. The number of allylic oxidation sites excluding steroid dienone is 4. The summed E-state index contributed by atoms with van der Waals surface area (Å²) >= 11 is 3.33. The first-order valence-electron chi connectivity index (χ1n) is 4.37. The van der Waals surface area contributed by atoms with Gasteiger partial charge in [0.15, 0.2) is 5.78 Å². The quantitative estimate of drug-likeness (QED) is 0.578. The fourth-order valence-corrected chi connectivity index (χ4v) is 3.44. The van der Waals surface area contributed by atoms with Crippen molar-refractivity contribution in [2.45, 2.75) is 6.42 Å². The number of halogens is 1. The topological polar surface area (TPSA) is 17.1 Å². The summed E-state index contributed by atoms with van der Waals surface area (Å²) in [5.41, 5.74) is 0. The lowest BCUT2D eigenvalue weighted by atomic mass is 9.85. The van der Waals surface area contributed by atoms with E-state index in [9.17, 15) is 4.79 Å². The van der Waals surface area contributed by atoms with Gasteiger partial charge in [0.05, 0.1) is 4.48 Å². The van der Waals surface area contributed by atoms with E-state index >= 15 is 0 Å². The molecule has 2 heteroatoms. The van der Waals surface area contributed by atoms with E-state index in [-0.39, 0.29) is 5.92 Å². The molecule has 4 atom stereocenters. The van der Waals surface area contributed by atoms with Crippen LogP contribution in [0.1, 0.15) is 6.42 Å². The molecule has 1 nitrogen and oxygen atoms in total. The highest BCUT2D eigenvalue weighted by molar-refractivity contribution is 9.12. The van der Waals surface area contributed by atoms with Gasteiger partial charge in [0.1, 0.15) is 0 Å². The molecule has 62 valence electrons. The molecule has 0 saturated heterocycles. The van der Waals surface area contributed by atoms with Gasteiger partial charge >= 0.3 is 0 Å². The Labute approximate surface area is 79.7 Å². The van der Waals surface area contributed by atoms with E-state index < -0.39 is 0 Å². The smallest absolute Gasteiger partial charge is 0.173 e. The summed E-state index contributed by atoms with van der Waals surface area (Å²) in [5, 5.41) is 0. The maximum absolute atomic E-state index is 11.6. The van der Waals surface area contributed by atoms with E-state index in [1.807, 2.05) is 0 Å². The van der Waals surface area contributed by atoms with Crippen LogP contribution in [-0.2, 0) is 4.79 Å². The van der Waals surface area contributed by atoms with Crippen LogP contribution in [0.15, 0.2) is 22.7 Å². The Kier molecular flexibility index (Phi) is 1.24. The first kappa shape index (κ1) is 7.07. The zero-order valence-corrected chi connectivity index (χ0v) is 8.12. The minimum absolute atomic E-state index is 0.286. The molecular formula is C10H9BrO. The summed E-state index contributed by atoms with van der Waals surface area (Å²) in [4.78, 5) is 11.6. The maximum atomic E-state index is 11.6. The molecule has 0 aromatic rings. The van der Waals surface area contributed by atoms with Gasteiger partial charge in [0.25, 0.3) is 0 Å². The summed E-state index contributed by atoms with van der Waals surface area (Å²) in [6.07, 6.45) is 7.82. The van der Waals surface area contributed by atoms with Crippen molar-refractivity contribution in [2.24, 2.45) is 23.7 Å². The summed E-state index contributed by atoms with van der Waals surface area (Å²) in [7, 11) is 0. The number of carbonyl (C=O) groups excluding carboxylic acids is 1. The fourth-order valence-electron chi connectivity index (χ4n) is 2.87. The lowest BCUT2D eigenvalue weighted by Gasteiger charge is -2.17. The lowest BCUT2D eigenvalue weighted by molar-refractivity contribution is -0.118. The second-order valence-corrected chi connectivity index (χ2v) is 4.78. The molecule has 3 aliphatic carbocycles. The highest BCUT2D eigenvalue weighted by Gasteiger charge is 2.50. The molecule has 1 saturated carbocycles. The Morgan fingerprint density at radius 1 is 1.33 bits per heavy atom. The summed E-state index contributed by atoms with van der Waals surface area (Å²) in [5.74, 6) is 2.32. The average Bonchev–Trinajstić information content (AvgIpc) is 2.66. The highest BCUT2D eigenvalue weighted by atomic mass is 79.9. The Balaban J connectivity index is 2.07. The van der Waals surface area contributed by atoms with E-state index in [0.29, 0.717) is 23.5 Å². The molecular weight excluding hydrogens is 216 g/mol. The number of rotatable bonds is 0. The summed E-state index contributed by atoms with van der Waals surface area (Å²) in [6.45, 7) is 0. The Hall–Kier alpha value is -0.370. The van der Waals surface area contributed by atoms with Crippen molar-refractivity contribution >= 4 is 21.7 Å². The highest BCUT2D eigenvalue weighted by Crippen LogP contribution is 2.53. The van der Waals surface area contributed by atoms with Gasteiger partial charge < -0.3 is 0 Å². The molecule has 0 amide bonds. The van der Waals surface area contributed by atoms with Crippen LogP contribution in [0.2, 0.25) is 0 Å². The largest absolute Gasteiger partial charge is 0.293 e. The number of hydrogen-bond donors (Lipinski definition) is 0. The van der Waals surface area contributed by atoms with Crippen LogP contribution < -0.4 is 0 Å². The van der Waals surface area contributed by atoms with Crippen LogP contribution in [0.5, 0.6) is 0 Å². The van der Waals surface area contributed by atoms with Gasteiger partial charge in [-0.05, 0) is 40.1 Å². The van der Waals surface area contributed by atoms with Crippen LogP contribution in [0.25, 0.3) is 0 Å². The number of hydrogen-bond acceptors (Lipinski definition) is 1. The normalized spacial score (nSPS) is 48.4. The van der Waals surface area contributed by atoms with Crippen molar-refractivity contribution in [3.63, 3.8) is 0 Å². The van der Waals surface area contributed by atoms with Gasteiger partial charge in [0, 0.05) is 5.92 Å². The van der Waals surface area contributed by atoms with Crippen molar-refractivity contribution in [3.8, 4) is 0 Å². The minimum Gasteiger partial charge on any atom is -0.293 e. The zero-order chi connectivity index (χ0) is 8.29. The molecule has 0 heterocycles. The van der Waals surface area contributed by atoms with Crippen molar-refractivity contribution in [3.05, 3.63) is 22.7 Å². The predicted octanol–water partition coefficient (Wildman–Crippen LogP) is 2.29. The number of fused-ring (bicyclic) bond motifs is 5. The van der Waals surface area contributed by atoms with Crippen molar-refractivity contribution in [1.82, 2.24) is 0 Å². The molecule has 0 N–H and O–H groups in total. The van der Waals surface area contributed by atoms with Gasteiger partial charge in [-0.25, -0.2) is 0 Å². The van der Waals surface area contributed by atoms with Gasteiger partial charge in [-0.2, -0.15) is 0 Å². The SMILES string of the molecule is O=C1C(Br)=C[C@@H]2[C@H]1[C@@H]1C=C[C@H]2C1. The molecule has 0 unspecified atom stereocenters. The second kappa shape index (κ2) is 2.11. The number of carbonyl (C=O) groups is 1. The minimum atomic E-state index is 0.286. The van der Waals surface area contributed by atoms with Crippen molar-refractivity contribution < 1.29 is 4.79 Å². The maximum Gasteiger partial charge on any atom is 0.173 e. The van der Waals surface area contributed by atoms with Crippen molar-refractivity contribution in [1.29, 1.82) is 0 Å². The summed E-state index contributed by atoms with van der Waals surface area (Å²) < 4.78 is 0.816. The van der Waals surface area contributed by atoms with Gasteiger partial charge in [-0.3, -0.25) is 4.79 Å². The van der Waals surface area contributed by atoms with Crippen LogP contribution in [0, 0.1) is 23.7 Å². The number of ketones is 1. The zero-order valence-electron chi connectivity index (χ0n) is 6.53. The molecule has 3 rings (SSSR count). The molecule has 12 heavy (non-hydrogen) atoms. The first-order chi connectivity index (χ1) is 5.77. The fraction of sp³-hybridized carbons (Fsp3) is 0.500. The predicted molar refractivity (Wildman–Crippen MR) is 49.7 cm³/mol. The van der Waals surface area contributed by atoms with Crippen molar-refractivity contribution in [2.75, 3.05) is 0 Å². The molecule has 1 fully saturated rings.